The summed E-state index contributed by atoms with van der Waals surface area (Å²) < 4.78 is 8.78. The minimum absolute atomic E-state index is 0. The Morgan fingerprint density at radius 3 is 1.89 bits per heavy atom. The molecule has 0 unspecified atom stereocenters. The zero-order valence-electron chi connectivity index (χ0n) is 5.70. The monoisotopic (exact) mass is 158 g/mol. The van der Waals surface area contributed by atoms with Crippen molar-refractivity contribution < 1.29 is 5.23 Å². The number of hydrogen-bond acceptors (Lipinski definition) is 2. The molecule has 1 aromatic heterocycles. The Morgan fingerprint density at radius 2 is 1.78 bits per heavy atom. The summed E-state index contributed by atoms with van der Waals surface area (Å²) in [5.41, 5.74) is 0. The summed E-state index contributed by atoms with van der Waals surface area (Å²) >= 11 is -1.03. The average Bonchev–Trinajstić information content (AvgIpc) is 1.93. The number of hydrogen-bond donors (Lipinski definition) is 0. The van der Waals surface area contributed by atoms with Crippen LogP contribution in [0.5, 0.6) is 0 Å². The number of pyridine rings is 1. The third kappa shape index (κ3) is 7.77. The van der Waals surface area contributed by atoms with E-state index in [0.29, 0.717) is 0 Å². The van der Waals surface area contributed by atoms with Crippen molar-refractivity contribution in [2.24, 2.45) is 0 Å². The van der Waals surface area contributed by atoms with Crippen LogP contribution in [0.1, 0.15) is 1.43 Å². The Bertz CT molecular complexity index is 125. The maximum absolute atomic E-state index is 8.78. The Morgan fingerprint density at radius 1 is 1.33 bits per heavy atom. The van der Waals surface area contributed by atoms with E-state index in [1.54, 1.807) is 12.4 Å². The fourth-order valence-corrected chi connectivity index (χ4v) is 0.313. The fraction of sp³-hybridized carbons (Fsp3) is 0. The second kappa shape index (κ2) is 7.77. The minimum Gasteiger partial charge on any atom is -0.265 e. The molecule has 0 bridgehead atoms. The van der Waals surface area contributed by atoms with Gasteiger partial charge in [-0.3, -0.25) is 4.98 Å². The molecule has 0 aliphatic carbocycles. The van der Waals surface area contributed by atoms with E-state index in [9.17, 15) is 0 Å². The van der Waals surface area contributed by atoms with Crippen LogP contribution in [0, 0.1) is 0 Å². The van der Waals surface area contributed by atoms with E-state index in [1.165, 1.54) is 0 Å². The molecule has 0 saturated carbocycles. The van der Waals surface area contributed by atoms with E-state index < -0.39 is 14.2 Å². The third-order valence-electron chi connectivity index (χ3n) is 0.566. The van der Waals surface area contributed by atoms with Crippen LogP contribution >= 0.6 is 10.0 Å². The van der Waals surface area contributed by atoms with Crippen molar-refractivity contribution in [2.45, 2.75) is 0 Å². The molecule has 4 heteroatoms. The summed E-state index contributed by atoms with van der Waals surface area (Å²) in [5, 5.41) is 0. The summed E-state index contributed by atoms with van der Waals surface area (Å²) in [7, 11) is 4.53. The van der Waals surface area contributed by atoms with Crippen LogP contribution in [0.3, 0.4) is 0 Å². The molecule has 1 aromatic rings. The molecule has 0 N–H and O–H groups in total. The van der Waals surface area contributed by atoms with E-state index in [-0.39, 0.29) is 1.43 Å². The zero-order chi connectivity index (χ0) is 6.95. The maximum atomic E-state index is 8.78. The molecule has 0 radical (unpaired) electrons. The van der Waals surface area contributed by atoms with Gasteiger partial charge in [0, 0.05) is 12.4 Å². The van der Waals surface area contributed by atoms with Crippen molar-refractivity contribution in [3.05, 3.63) is 30.6 Å². The van der Waals surface area contributed by atoms with Gasteiger partial charge in [0.2, 0.25) is 0 Å². The first kappa shape index (κ1) is 8.77. The smallest absolute Gasteiger partial charge is 0.0267 e. The van der Waals surface area contributed by atoms with E-state index in [2.05, 4.69) is 15.0 Å². The molecule has 0 aliphatic heterocycles. The van der Waals surface area contributed by atoms with Gasteiger partial charge < -0.3 is 0 Å². The van der Waals surface area contributed by atoms with Gasteiger partial charge in [0.25, 0.3) is 0 Å². The quantitative estimate of drug-likeness (QED) is 0.534. The maximum Gasteiger partial charge on any atom is 0.0267 e. The largest absolute Gasteiger partial charge is 0.265 e. The van der Waals surface area contributed by atoms with Gasteiger partial charge in [0.05, 0.1) is 0 Å². The SMILES string of the molecule is [H+].[O]=[Al][Cl].c1ccncc1. The standard InChI is InChI=1S/C5H5N.Al.ClH.O/c1-2-4-6-5-3-1;;;/h1-5H;;1H;/q;+1;;. The average molecular weight is 159 g/mol. The van der Waals surface area contributed by atoms with Gasteiger partial charge in [-0.05, 0) is 12.1 Å². The molecular formula is C5H6AlClNO+. The summed E-state index contributed by atoms with van der Waals surface area (Å²) in [4.78, 5) is 3.78. The summed E-state index contributed by atoms with van der Waals surface area (Å²) in [6.07, 6.45) is 3.50. The number of halogens is 1. The van der Waals surface area contributed by atoms with Crippen LogP contribution in [-0.4, -0.2) is 19.2 Å². The van der Waals surface area contributed by atoms with E-state index in [4.69, 9.17) is 3.80 Å². The van der Waals surface area contributed by atoms with Crippen LogP contribution in [0.4, 0.5) is 0 Å². The molecule has 0 amide bonds. The molecule has 0 fully saturated rings. The molecule has 0 saturated heterocycles. The number of nitrogens with zero attached hydrogens (tertiary/aromatic N) is 1. The number of rotatable bonds is 0. The molecule has 46 valence electrons. The molecular weight excluding hydrogens is 152 g/mol. The van der Waals surface area contributed by atoms with Gasteiger partial charge in [0.1, 0.15) is 0 Å². The second-order valence-corrected chi connectivity index (χ2v) is 1.83. The van der Waals surface area contributed by atoms with Gasteiger partial charge in [0.15, 0.2) is 0 Å². The summed E-state index contributed by atoms with van der Waals surface area (Å²) in [6.45, 7) is 0. The van der Waals surface area contributed by atoms with E-state index in [1.807, 2.05) is 18.2 Å². The van der Waals surface area contributed by atoms with Crippen molar-refractivity contribution in [1.82, 2.24) is 4.98 Å². The zero-order valence-corrected chi connectivity index (χ0v) is 6.61. The van der Waals surface area contributed by atoms with Crippen LogP contribution in [-0.2, 0) is 3.80 Å². The van der Waals surface area contributed by atoms with E-state index in [0.717, 1.165) is 0 Å². The molecule has 0 atom stereocenters. The number of aromatic nitrogens is 1. The normalized spacial score (nSPS) is 6.33. The first-order valence-corrected chi connectivity index (χ1v) is 4.52. The predicted molar refractivity (Wildman–Crippen MR) is 37.6 cm³/mol. The van der Waals surface area contributed by atoms with E-state index >= 15 is 0 Å². The van der Waals surface area contributed by atoms with Crippen LogP contribution in [0.2, 0.25) is 0 Å². The topological polar surface area (TPSA) is 30.0 Å². The van der Waals surface area contributed by atoms with Gasteiger partial charge in [-0.1, -0.05) is 6.07 Å². The van der Waals surface area contributed by atoms with Crippen molar-refractivity contribution >= 4 is 24.3 Å². The molecule has 0 aromatic carbocycles. The summed E-state index contributed by atoms with van der Waals surface area (Å²) in [6, 6.07) is 5.72. The van der Waals surface area contributed by atoms with Gasteiger partial charge >= 0.3 is 29.5 Å². The Labute approximate surface area is 65.5 Å². The first-order chi connectivity index (χ1) is 4.41. The first-order valence-electron chi connectivity index (χ1n) is 2.30. The molecule has 0 aliphatic rings. The molecule has 2 nitrogen and oxygen atoms in total. The minimum atomic E-state index is -1.03. The third-order valence-corrected chi connectivity index (χ3v) is 0.566. The van der Waals surface area contributed by atoms with Gasteiger partial charge in [-0.15, -0.1) is 0 Å². The van der Waals surface area contributed by atoms with Gasteiger partial charge in [-0.2, -0.15) is 0 Å². The van der Waals surface area contributed by atoms with Crippen molar-refractivity contribution in [1.29, 1.82) is 0 Å². The van der Waals surface area contributed by atoms with Crippen LogP contribution in [0.25, 0.3) is 0 Å². The molecule has 9 heavy (non-hydrogen) atoms. The molecule has 1 heterocycles. The van der Waals surface area contributed by atoms with Crippen molar-refractivity contribution in [2.75, 3.05) is 0 Å². The van der Waals surface area contributed by atoms with Crippen molar-refractivity contribution in [3.8, 4) is 0 Å². The van der Waals surface area contributed by atoms with Crippen molar-refractivity contribution in [3.63, 3.8) is 0 Å². The Hall–Kier alpha value is -0.228. The fourth-order valence-electron chi connectivity index (χ4n) is 0.313. The Kier molecular flexibility index (Phi) is 7.58. The second-order valence-electron chi connectivity index (χ2n) is 1.11. The molecule has 1 rings (SSSR count). The van der Waals surface area contributed by atoms with Crippen LogP contribution < -0.4 is 0 Å². The van der Waals surface area contributed by atoms with Crippen LogP contribution in [0.15, 0.2) is 30.6 Å². The predicted octanol–water partition coefficient (Wildman–Crippen LogP) is 1.38. The molecule has 0 spiro atoms. The summed E-state index contributed by atoms with van der Waals surface area (Å²) in [5.74, 6) is 0. The Balaban J connectivity index is 0. The van der Waals surface area contributed by atoms with Gasteiger partial charge in [-0.25, -0.2) is 0 Å².